The molecule has 62 heavy (non-hydrogen) atoms. The Morgan fingerprint density at radius 3 is 1.24 bits per heavy atom. The van der Waals surface area contributed by atoms with Crippen molar-refractivity contribution < 1.29 is 0 Å². The summed E-state index contributed by atoms with van der Waals surface area (Å²) in [6.07, 6.45) is 0. The highest BCUT2D eigenvalue weighted by molar-refractivity contribution is 5.98. The van der Waals surface area contributed by atoms with Crippen LogP contribution in [0.3, 0.4) is 0 Å². The van der Waals surface area contributed by atoms with Gasteiger partial charge in [-0.2, -0.15) is 0 Å². The van der Waals surface area contributed by atoms with E-state index in [-0.39, 0.29) is 5.41 Å². The molecule has 10 aromatic rings. The Morgan fingerprint density at radius 2 is 0.677 bits per heavy atom. The summed E-state index contributed by atoms with van der Waals surface area (Å²) in [4.78, 5) is 2.41. The van der Waals surface area contributed by atoms with Gasteiger partial charge in [-0.1, -0.05) is 196 Å². The molecular formula is C61H45N. The van der Waals surface area contributed by atoms with Crippen molar-refractivity contribution in [2.75, 3.05) is 4.90 Å². The Labute approximate surface area is 364 Å². The maximum absolute atomic E-state index is 2.44. The lowest BCUT2D eigenvalue weighted by Gasteiger charge is -2.28. The second-order valence-corrected chi connectivity index (χ2v) is 17.0. The molecule has 0 spiro atoms. The van der Waals surface area contributed by atoms with Crippen LogP contribution in [0.25, 0.3) is 77.5 Å². The number of nitrogens with zero attached hydrogens (tertiary/aromatic N) is 1. The molecular weight excluding hydrogens is 747 g/mol. The van der Waals surface area contributed by atoms with E-state index >= 15 is 0 Å². The molecule has 0 saturated heterocycles. The Balaban J connectivity index is 0.982. The van der Waals surface area contributed by atoms with Crippen LogP contribution in [0.4, 0.5) is 17.1 Å². The first kappa shape index (κ1) is 37.3. The quantitative estimate of drug-likeness (QED) is 0.148. The van der Waals surface area contributed by atoms with Crippen LogP contribution in [0.5, 0.6) is 0 Å². The number of benzene rings is 10. The van der Waals surface area contributed by atoms with Crippen LogP contribution in [0.2, 0.25) is 0 Å². The van der Waals surface area contributed by atoms with Crippen molar-refractivity contribution in [3.8, 4) is 66.8 Å². The summed E-state index contributed by atoms with van der Waals surface area (Å²) in [5, 5.41) is 2.55. The van der Waals surface area contributed by atoms with Gasteiger partial charge in [0.1, 0.15) is 0 Å². The SMILES string of the molecule is CC1(C)c2cc(-c3cccc4ccccc34)ccc2-c2ccc(N(c3ccc(-c4cccc(-c5ccccc5)c4)cc3)c3ccc(-c4cccc(-c5ccccc5)c4)cc3)cc21. The van der Waals surface area contributed by atoms with Crippen LogP contribution >= 0.6 is 0 Å². The van der Waals surface area contributed by atoms with Gasteiger partial charge in [-0.05, 0) is 143 Å². The molecule has 0 aromatic heterocycles. The molecule has 0 unspecified atom stereocenters. The summed E-state index contributed by atoms with van der Waals surface area (Å²) in [6, 6.07) is 86.5. The molecule has 0 fully saturated rings. The third-order valence-electron chi connectivity index (χ3n) is 12.9. The van der Waals surface area contributed by atoms with Crippen molar-refractivity contribution in [2.24, 2.45) is 0 Å². The first-order chi connectivity index (χ1) is 30.5. The van der Waals surface area contributed by atoms with Crippen LogP contribution in [0.1, 0.15) is 25.0 Å². The average Bonchev–Trinajstić information content (AvgIpc) is 3.57. The molecule has 0 amide bonds. The van der Waals surface area contributed by atoms with Crippen LogP contribution < -0.4 is 4.90 Å². The van der Waals surface area contributed by atoms with Crippen molar-refractivity contribution in [3.05, 3.63) is 248 Å². The molecule has 1 heteroatoms. The molecule has 1 aliphatic rings. The van der Waals surface area contributed by atoms with Crippen LogP contribution in [0, 0.1) is 0 Å². The van der Waals surface area contributed by atoms with E-state index in [1.807, 2.05) is 0 Å². The summed E-state index contributed by atoms with van der Waals surface area (Å²) in [6.45, 7) is 4.77. The Bertz CT molecular complexity index is 3100. The monoisotopic (exact) mass is 791 g/mol. The Hall–Kier alpha value is -7.74. The van der Waals surface area contributed by atoms with Crippen LogP contribution in [-0.2, 0) is 5.41 Å². The molecule has 1 nitrogen and oxygen atoms in total. The molecule has 0 bridgehead atoms. The van der Waals surface area contributed by atoms with Gasteiger partial charge in [-0.25, -0.2) is 0 Å². The first-order valence-corrected chi connectivity index (χ1v) is 21.6. The van der Waals surface area contributed by atoms with E-state index < -0.39 is 0 Å². The highest BCUT2D eigenvalue weighted by atomic mass is 15.1. The maximum atomic E-state index is 2.44. The summed E-state index contributed by atoms with van der Waals surface area (Å²) in [7, 11) is 0. The third-order valence-corrected chi connectivity index (χ3v) is 12.9. The van der Waals surface area contributed by atoms with E-state index in [1.54, 1.807) is 0 Å². The van der Waals surface area contributed by atoms with Gasteiger partial charge < -0.3 is 4.90 Å². The highest BCUT2D eigenvalue weighted by Crippen LogP contribution is 2.52. The molecule has 0 heterocycles. The smallest absolute Gasteiger partial charge is 0.0465 e. The van der Waals surface area contributed by atoms with Crippen LogP contribution in [-0.4, -0.2) is 0 Å². The first-order valence-electron chi connectivity index (χ1n) is 21.6. The average molecular weight is 792 g/mol. The number of fused-ring (bicyclic) bond motifs is 4. The van der Waals surface area contributed by atoms with Crippen molar-refractivity contribution in [2.45, 2.75) is 19.3 Å². The molecule has 10 aromatic carbocycles. The van der Waals surface area contributed by atoms with E-state index in [0.29, 0.717) is 0 Å². The zero-order valence-corrected chi connectivity index (χ0v) is 35.0. The van der Waals surface area contributed by atoms with Gasteiger partial charge in [-0.15, -0.1) is 0 Å². The zero-order chi connectivity index (χ0) is 41.6. The number of hydrogen-bond donors (Lipinski definition) is 0. The fraction of sp³-hybridized carbons (Fsp3) is 0.0492. The lowest BCUT2D eigenvalue weighted by molar-refractivity contribution is 0.660. The van der Waals surface area contributed by atoms with Crippen molar-refractivity contribution >= 4 is 27.8 Å². The van der Waals surface area contributed by atoms with Crippen molar-refractivity contribution in [3.63, 3.8) is 0 Å². The highest BCUT2D eigenvalue weighted by Gasteiger charge is 2.36. The molecule has 0 atom stereocenters. The normalized spacial score (nSPS) is 12.5. The van der Waals surface area contributed by atoms with Crippen molar-refractivity contribution in [1.29, 1.82) is 0 Å². The van der Waals surface area contributed by atoms with Crippen LogP contribution in [0.15, 0.2) is 237 Å². The predicted octanol–water partition coefficient (Wildman–Crippen LogP) is 17.0. The fourth-order valence-electron chi connectivity index (χ4n) is 9.58. The Morgan fingerprint density at radius 1 is 0.274 bits per heavy atom. The predicted molar refractivity (Wildman–Crippen MR) is 263 cm³/mol. The molecule has 0 N–H and O–H groups in total. The minimum absolute atomic E-state index is 0.200. The second-order valence-electron chi connectivity index (χ2n) is 17.0. The van der Waals surface area contributed by atoms with E-state index in [0.717, 1.165) is 17.1 Å². The third kappa shape index (κ3) is 6.69. The molecule has 0 saturated carbocycles. The second kappa shape index (κ2) is 15.4. The van der Waals surface area contributed by atoms with E-state index in [9.17, 15) is 0 Å². The molecule has 1 aliphatic carbocycles. The lowest BCUT2D eigenvalue weighted by atomic mass is 9.81. The standard InChI is InChI=1S/C61H45N/c1-61(2)59-40-51(56-25-13-19-46-18-9-10-24-55(46)56)30-36-57(59)58-37-35-54(41-60(58)61)62(52-31-26-44(27-32-52)49-22-11-20-47(38-49)42-14-5-3-6-15-42)53-33-28-45(29-34-53)50-23-12-21-48(39-50)43-16-7-4-8-17-43/h3-41H,1-2H3. The van der Waals surface area contributed by atoms with Crippen molar-refractivity contribution in [1.82, 2.24) is 0 Å². The molecule has 0 aliphatic heterocycles. The molecule has 0 radical (unpaired) electrons. The van der Waals surface area contributed by atoms with E-state index in [2.05, 4.69) is 255 Å². The maximum Gasteiger partial charge on any atom is 0.0465 e. The van der Waals surface area contributed by atoms with E-state index in [4.69, 9.17) is 0 Å². The summed E-state index contributed by atoms with van der Waals surface area (Å²) >= 11 is 0. The van der Waals surface area contributed by atoms with Gasteiger partial charge in [0.2, 0.25) is 0 Å². The molecule has 294 valence electrons. The largest absolute Gasteiger partial charge is 0.310 e. The van der Waals surface area contributed by atoms with Gasteiger partial charge in [0.15, 0.2) is 0 Å². The topological polar surface area (TPSA) is 3.24 Å². The van der Waals surface area contributed by atoms with Gasteiger partial charge >= 0.3 is 0 Å². The zero-order valence-electron chi connectivity index (χ0n) is 35.0. The fourth-order valence-corrected chi connectivity index (χ4v) is 9.58. The number of anilines is 3. The minimum Gasteiger partial charge on any atom is -0.310 e. The van der Waals surface area contributed by atoms with E-state index in [1.165, 1.54) is 88.7 Å². The summed E-state index contributed by atoms with van der Waals surface area (Å²) in [5.74, 6) is 0. The summed E-state index contributed by atoms with van der Waals surface area (Å²) in [5.41, 5.74) is 20.7. The number of hydrogen-bond acceptors (Lipinski definition) is 1. The number of rotatable bonds is 8. The minimum atomic E-state index is -0.200. The Kier molecular flexibility index (Phi) is 9.24. The van der Waals surface area contributed by atoms with Gasteiger partial charge in [0.25, 0.3) is 0 Å². The molecule has 11 rings (SSSR count). The lowest BCUT2D eigenvalue weighted by Crippen LogP contribution is -2.16. The van der Waals surface area contributed by atoms with Gasteiger partial charge in [0, 0.05) is 22.5 Å². The van der Waals surface area contributed by atoms with Gasteiger partial charge in [-0.3, -0.25) is 0 Å². The van der Waals surface area contributed by atoms with Gasteiger partial charge in [0.05, 0.1) is 0 Å². The summed E-state index contributed by atoms with van der Waals surface area (Å²) < 4.78 is 0.